The topological polar surface area (TPSA) is 48.1 Å². The molecular formula is C14H17FN2OS. The Hall–Kier alpha value is -1.46. The minimum Gasteiger partial charge on any atom is -0.486 e. The molecule has 0 amide bonds. The van der Waals surface area contributed by atoms with Crippen molar-refractivity contribution in [2.24, 2.45) is 5.73 Å². The minimum atomic E-state index is -0.393. The number of halogens is 1. The molecule has 19 heavy (non-hydrogen) atoms. The number of nitrogens with zero attached hydrogens (tertiary/aromatic N) is 1. The van der Waals surface area contributed by atoms with Gasteiger partial charge >= 0.3 is 0 Å². The van der Waals surface area contributed by atoms with Crippen molar-refractivity contribution in [2.75, 3.05) is 0 Å². The first kappa shape index (κ1) is 14.0. The fourth-order valence-corrected chi connectivity index (χ4v) is 2.78. The first-order chi connectivity index (χ1) is 8.86. The van der Waals surface area contributed by atoms with Gasteiger partial charge in [0.2, 0.25) is 0 Å². The normalized spacial score (nSPS) is 11.6. The Morgan fingerprint density at radius 3 is 2.47 bits per heavy atom. The van der Waals surface area contributed by atoms with Crippen LogP contribution in [-0.4, -0.2) is 4.98 Å². The molecule has 102 valence electrons. The fourth-order valence-electron chi connectivity index (χ4n) is 1.79. The van der Waals surface area contributed by atoms with Gasteiger partial charge in [-0.3, -0.25) is 0 Å². The number of thiazole rings is 1. The molecule has 0 spiro atoms. The first-order valence-corrected chi connectivity index (χ1v) is 6.82. The van der Waals surface area contributed by atoms with E-state index in [9.17, 15) is 4.39 Å². The molecule has 2 rings (SSSR count). The Morgan fingerprint density at radius 2 is 1.95 bits per heavy atom. The molecule has 1 aromatic carbocycles. The van der Waals surface area contributed by atoms with Gasteiger partial charge in [0.25, 0.3) is 0 Å². The van der Waals surface area contributed by atoms with Crippen LogP contribution in [-0.2, 0) is 12.1 Å². The van der Waals surface area contributed by atoms with Crippen molar-refractivity contribution in [3.05, 3.63) is 45.7 Å². The summed E-state index contributed by atoms with van der Waals surface area (Å²) in [6, 6.07) is 5.95. The molecule has 0 saturated carbocycles. The molecule has 3 nitrogen and oxygen atoms in total. The lowest BCUT2D eigenvalue weighted by atomic mass is 10.0. The summed E-state index contributed by atoms with van der Waals surface area (Å²) in [6.07, 6.45) is 0. The summed E-state index contributed by atoms with van der Waals surface area (Å²) >= 11 is 1.55. The van der Waals surface area contributed by atoms with Crippen LogP contribution in [0.3, 0.4) is 0 Å². The summed E-state index contributed by atoms with van der Waals surface area (Å²) in [6.45, 7) is 6.23. The van der Waals surface area contributed by atoms with E-state index in [0.717, 1.165) is 15.6 Å². The van der Waals surface area contributed by atoms with Gasteiger partial charge in [-0.1, -0.05) is 0 Å². The Morgan fingerprint density at radius 1 is 1.32 bits per heavy atom. The molecule has 5 heteroatoms. The number of ether oxygens (including phenoxy) is 1. The molecule has 1 aromatic heterocycles. The van der Waals surface area contributed by atoms with Crippen molar-refractivity contribution >= 4 is 11.3 Å². The summed E-state index contributed by atoms with van der Waals surface area (Å²) in [4.78, 5) is 5.51. The Kier molecular flexibility index (Phi) is 3.87. The summed E-state index contributed by atoms with van der Waals surface area (Å²) in [5.74, 6) is 0.354. The number of aryl methyl sites for hydroxylation is 1. The summed E-state index contributed by atoms with van der Waals surface area (Å²) in [5, 5.41) is 0.871. The van der Waals surface area contributed by atoms with E-state index >= 15 is 0 Å². The molecule has 2 aromatic rings. The molecule has 0 radical (unpaired) electrons. The molecule has 2 N–H and O–H groups in total. The molecule has 1 heterocycles. The van der Waals surface area contributed by atoms with Crippen LogP contribution < -0.4 is 10.5 Å². The van der Waals surface area contributed by atoms with E-state index in [1.807, 2.05) is 20.8 Å². The van der Waals surface area contributed by atoms with Gasteiger partial charge in [0.15, 0.2) is 0 Å². The third-order valence-corrected chi connectivity index (χ3v) is 4.07. The molecular weight excluding hydrogens is 263 g/mol. The number of benzene rings is 1. The molecule has 0 bridgehead atoms. The van der Waals surface area contributed by atoms with Gasteiger partial charge in [0, 0.05) is 10.4 Å². The van der Waals surface area contributed by atoms with Crippen molar-refractivity contribution in [1.82, 2.24) is 4.98 Å². The molecule has 0 fully saturated rings. The average Bonchev–Trinajstić information content (AvgIpc) is 2.70. The highest BCUT2D eigenvalue weighted by Crippen LogP contribution is 2.28. The SMILES string of the molecule is Cc1nc(COc2ccc(F)cc2)sc1C(C)(C)N. The zero-order valence-electron chi connectivity index (χ0n) is 11.2. The molecule has 0 aliphatic heterocycles. The summed E-state index contributed by atoms with van der Waals surface area (Å²) < 4.78 is 18.3. The van der Waals surface area contributed by atoms with Crippen LogP contribution in [0.25, 0.3) is 0 Å². The molecule has 0 unspecified atom stereocenters. The van der Waals surface area contributed by atoms with Gasteiger partial charge in [-0.05, 0) is 45.0 Å². The lowest BCUT2D eigenvalue weighted by Crippen LogP contribution is -2.28. The average molecular weight is 280 g/mol. The zero-order valence-corrected chi connectivity index (χ0v) is 12.1. The van der Waals surface area contributed by atoms with Crippen LogP contribution >= 0.6 is 11.3 Å². The van der Waals surface area contributed by atoms with Crippen LogP contribution in [0.15, 0.2) is 24.3 Å². The van der Waals surface area contributed by atoms with E-state index in [4.69, 9.17) is 10.5 Å². The van der Waals surface area contributed by atoms with Crippen LogP contribution in [0.2, 0.25) is 0 Å². The van der Waals surface area contributed by atoms with Crippen molar-refractivity contribution < 1.29 is 9.13 Å². The Bertz CT molecular complexity index is 558. The molecule has 0 aliphatic carbocycles. The number of nitrogens with two attached hydrogens (primary N) is 1. The Balaban J connectivity index is 2.06. The van der Waals surface area contributed by atoms with E-state index in [0.29, 0.717) is 12.4 Å². The standard InChI is InChI=1S/C14H17FN2OS/c1-9-13(14(2,3)16)19-12(17-9)8-18-11-6-4-10(15)5-7-11/h4-7H,8,16H2,1-3H3. The van der Waals surface area contributed by atoms with Gasteiger partial charge in [-0.25, -0.2) is 9.37 Å². The summed E-state index contributed by atoms with van der Waals surface area (Å²) in [5.41, 5.74) is 6.63. The van der Waals surface area contributed by atoms with Crippen LogP contribution in [0.4, 0.5) is 4.39 Å². The van der Waals surface area contributed by atoms with E-state index < -0.39 is 5.54 Å². The van der Waals surface area contributed by atoms with Crippen LogP contribution in [0, 0.1) is 12.7 Å². The quantitative estimate of drug-likeness (QED) is 0.934. The highest BCUT2D eigenvalue weighted by atomic mass is 32.1. The lowest BCUT2D eigenvalue weighted by Gasteiger charge is -2.16. The largest absolute Gasteiger partial charge is 0.486 e. The van der Waals surface area contributed by atoms with Gasteiger partial charge in [-0.2, -0.15) is 0 Å². The van der Waals surface area contributed by atoms with Crippen molar-refractivity contribution in [2.45, 2.75) is 32.9 Å². The van der Waals surface area contributed by atoms with Crippen LogP contribution in [0.1, 0.15) is 29.4 Å². The number of aromatic nitrogens is 1. The van der Waals surface area contributed by atoms with E-state index in [1.165, 1.54) is 12.1 Å². The zero-order chi connectivity index (χ0) is 14.0. The molecule has 0 saturated heterocycles. The van der Waals surface area contributed by atoms with E-state index in [1.54, 1.807) is 23.5 Å². The maximum Gasteiger partial charge on any atom is 0.140 e. The smallest absolute Gasteiger partial charge is 0.140 e. The first-order valence-electron chi connectivity index (χ1n) is 6.00. The number of rotatable bonds is 4. The third-order valence-electron chi connectivity index (χ3n) is 2.60. The minimum absolute atomic E-state index is 0.274. The lowest BCUT2D eigenvalue weighted by molar-refractivity contribution is 0.305. The van der Waals surface area contributed by atoms with Crippen molar-refractivity contribution in [1.29, 1.82) is 0 Å². The highest BCUT2D eigenvalue weighted by Gasteiger charge is 2.21. The van der Waals surface area contributed by atoms with E-state index in [2.05, 4.69) is 4.98 Å². The maximum atomic E-state index is 12.8. The second kappa shape index (κ2) is 5.27. The van der Waals surface area contributed by atoms with E-state index in [-0.39, 0.29) is 5.82 Å². The third kappa shape index (κ3) is 3.52. The van der Waals surface area contributed by atoms with Crippen molar-refractivity contribution in [3.8, 4) is 5.75 Å². The highest BCUT2D eigenvalue weighted by molar-refractivity contribution is 7.11. The van der Waals surface area contributed by atoms with Gasteiger partial charge in [0.05, 0.1) is 5.69 Å². The summed E-state index contributed by atoms with van der Waals surface area (Å²) in [7, 11) is 0. The predicted molar refractivity (Wildman–Crippen MR) is 74.8 cm³/mol. The number of hydrogen-bond acceptors (Lipinski definition) is 4. The predicted octanol–water partition coefficient (Wildman–Crippen LogP) is 3.36. The van der Waals surface area contributed by atoms with Gasteiger partial charge in [-0.15, -0.1) is 11.3 Å². The molecule has 0 aliphatic rings. The van der Waals surface area contributed by atoms with Crippen molar-refractivity contribution in [3.63, 3.8) is 0 Å². The van der Waals surface area contributed by atoms with Gasteiger partial charge in [0.1, 0.15) is 23.2 Å². The monoisotopic (exact) mass is 280 g/mol. The van der Waals surface area contributed by atoms with Crippen LogP contribution in [0.5, 0.6) is 5.75 Å². The maximum absolute atomic E-state index is 12.8. The Labute approximate surface area is 116 Å². The second-order valence-corrected chi connectivity index (χ2v) is 6.07. The molecule has 0 atom stereocenters. The fraction of sp³-hybridized carbons (Fsp3) is 0.357. The van der Waals surface area contributed by atoms with Gasteiger partial charge < -0.3 is 10.5 Å². The number of hydrogen-bond donors (Lipinski definition) is 1. The second-order valence-electron chi connectivity index (χ2n) is 4.99.